The first-order valence-corrected chi connectivity index (χ1v) is 12.8. The molecule has 1 aromatic carbocycles. The van der Waals surface area contributed by atoms with E-state index in [1.807, 2.05) is 30.7 Å². The first-order chi connectivity index (χ1) is 17.7. The van der Waals surface area contributed by atoms with E-state index in [0.717, 1.165) is 55.2 Å². The fourth-order valence-electron chi connectivity index (χ4n) is 5.30. The molecule has 36 heavy (non-hydrogen) atoms. The van der Waals surface area contributed by atoms with Gasteiger partial charge in [0.2, 0.25) is 11.9 Å². The summed E-state index contributed by atoms with van der Waals surface area (Å²) in [7, 11) is 0. The topological polar surface area (TPSA) is 98.3 Å². The van der Waals surface area contributed by atoms with E-state index >= 15 is 0 Å². The molecule has 1 spiro atoms. The summed E-state index contributed by atoms with van der Waals surface area (Å²) in [6, 6.07) is 12.7. The van der Waals surface area contributed by atoms with E-state index in [4.69, 9.17) is 0 Å². The van der Waals surface area contributed by atoms with Gasteiger partial charge in [0.15, 0.2) is 0 Å². The van der Waals surface area contributed by atoms with E-state index in [2.05, 4.69) is 65.0 Å². The maximum atomic E-state index is 12.5. The number of nitrogens with zero attached hydrogens (tertiary/aromatic N) is 5. The number of carbonyl (C=O) groups is 1. The molecule has 6 aliphatic rings. The van der Waals surface area contributed by atoms with Crippen LogP contribution in [0.4, 0.5) is 17.5 Å². The van der Waals surface area contributed by atoms with Crippen LogP contribution in [0, 0.1) is 0 Å². The summed E-state index contributed by atoms with van der Waals surface area (Å²) in [5.74, 6) is 1.47. The van der Waals surface area contributed by atoms with Crippen molar-refractivity contribution < 1.29 is 4.79 Å². The molecule has 3 aromatic rings. The van der Waals surface area contributed by atoms with Crippen LogP contribution in [0.2, 0.25) is 0 Å². The second-order valence-electron chi connectivity index (χ2n) is 9.86. The van der Waals surface area contributed by atoms with Crippen molar-refractivity contribution in [2.75, 3.05) is 56.4 Å². The molecule has 3 N–H and O–H groups in total. The average molecular weight is 485 g/mol. The molecule has 9 nitrogen and oxygen atoms in total. The van der Waals surface area contributed by atoms with E-state index in [0.29, 0.717) is 25.6 Å². The van der Waals surface area contributed by atoms with Crippen molar-refractivity contribution in [1.29, 1.82) is 0 Å². The van der Waals surface area contributed by atoms with Crippen LogP contribution in [0.1, 0.15) is 24.8 Å². The fourth-order valence-corrected chi connectivity index (χ4v) is 5.30. The van der Waals surface area contributed by atoms with Crippen LogP contribution in [-0.2, 0) is 10.3 Å². The lowest BCUT2D eigenvalue weighted by atomic mass is 10.0. The maximum Gasteiger partial charge on any atom is 0.234 e. The molecule has 0 atom stereocenters. The molecule has 1 saturated heterocycles. The Morgan fingerprint density at radius 3 is 2.47 bits per heavy atom. The van der Waals surface area contributed by atoms with Gasteiger partial charge in [-0.2, -0.15) is 0 Å². The minimum absolute atomic E-state index is 0.0951. The van der Waals surface area contributed by atoms with Crippen molar-refractivity contribution in [2.24, 2.45) is 0 Å². The number of hydrogen-bond donors (Lipinski definition) is 3. The molecule has 2 fully saturated rings. The van der Waals surface area contributed by atoms with E-state index in [9.17, 15) is 4.79 Å². The third-order valence-corrected chi connectivity index (χ3v) is 7.44. The number of piperazine rings is 1. The molecule has 9 rings (SSSR count). The number of aromatic nitrogens is 3. The molecule has 0 unspecified atom stereocenters. The van der Waals surface area contributed by atoms with Crippen LogP contribution in [0.25, 0.3) is 11.1 Å². The molecule has 8 bridgehead atoms. The summed E-state index contributed by atoms with van der Waals surface area (Å²) in [6.45, 7) is 5.59. The van der Waals surface area contributed by atoms with Crippen LogP contribution >= 0.6 is 0 Å². The highest BCUT2D eigenvalue weighted by Crippen LogP contribution is 2.51. The Hall–Kier alpha value is -3.56. The first kappa shape index (κ1) is 22.9. The number of rotatable bonds is 0. The minimum Gasteiger partial charge on any atom is -0.355 e. The summed E-state index contributed by atoms with van der Waals surface area (Å²) in [4.78, 5) is 30.8. The predicted molar refractivity (Wildman–Crippen MR) is 140 cm³/mol. The third kappa shape index (κ3) is 4.89. The van der Waals surface area contributed by atoms with Gasteiger partial charge in [-0.05, 0) is 54.7 Å². The van der Waals surface area contributed by atoms with Crippen molar-refractivity contribution in [2.45, 2.75) is 24.8 Å². The molecule has 9 heteroatoms. The summed E-state index contributed by atoms with van der Waals surface area (Å²) in [6.07, 6.45) is 8.61. The van der Waals surface area contributed by atoms with E-state index in [1.54, 1.807) is 0 Å². The van der Waals surface area contributed by atoms with Gasteiger partial charge in [0.05, 0.1) is 6.54 Å². The highest BCUT2D eigenvalue weighted by atomic mass is 16.2. The summed E-state index contributed by atoms with van der Waals surface area (Å²) in [5.41, 5.74) is 4.44. The standard InChI is InChI=1S/C27H32N8O/c36-25-19-34-11-13-35(14-12-34)27(6-7-27)22-3-1-4-23(16-22)33-24-15-20(5-10-28-24)21-17-31-26(32-18-21)30-9-2-8-29-25/h1,3-5,10,15-18H,2,6-9,11-14,19H2,(H,28,33)(H,29,36)(H,30,31,32). The van der Waals surface area contributed by atoms with Crippen molar-refractivity contribution in [3.05, 3.63) is 60.6 Å². The molecule has 1 aliphatic carbocycles. The third-order valence-electron chi connectivity index (χ3n) is 7.44. The summed E-state index contributed by atoms with van der Waals surface area (Å²) < 4.78 is 0. The Morgan fingerprint density at radius 2 is 1.67 bits per heavy atom. The Labute approximate surface area is 211 Å². The molecule has 7 heterocycles. The Kier molecular flexibility index (Phi) is 6.25. The number of benzene rings is 1. The van der Waals surface area contributed by atoms with E-state index < -0.39 is 0 Å². The number of hydrogen-bond acceptors (Lipinski definition) is 8. The molecule has 1 saturated carbocycles. The lowest BCUT2D eigenvalue weighted by Crippen LogP contribution is -2.52. The molecule has 5 aliphatic heterocycles. The second-order valence-corrected chi connectivity index (χ2v) is 9.86. The number of carbonyl (C=O) groups excluding carboxylic acids is 1. The zero-order valence-corrected chi connectivity index (χ0v) is 20.4. The fraction of sp³-hybridized carbons (Fsp3) is 0.407. The Balaban J connectivity index is 1.27. The monoisotopic (exact) mass is 484 g/mol. The quantitative estimate of drug-likeness (QED) is 0.448. The number of anilines is 3. The van der Waals surface area contributed by atoms with Crippen molar-refractivity contribution in [1.82, 2.24) is 30.1 Å². The van der Waals surface area contributed by atoms with Gasteiger partial charge in [-0.3, -0.25) is 14.6 Å². The van der Waals surface area contributed by atoms with Gasteiger partial charge in [-0.25, -0.2) is 15.0 Å². The molecular formula is C27H32N8O. The van der Waals surface area contributed by atoms with Crippen LogP contribution in [0.15, 0.2) is 55.0 Å². The van der Waals surface area contributed by atoms with Gasteiger partial charge >= 0.3 is 0 Å². The predicted octanol–water partition coefficient (Wildman–Crippen LogP) is 2.82. The van der Waals surface area contributed by atoms with Gasteiger partial charge in [-0.1, -0.05) is 12.1 Å². The van der Waals surface area contributed by atoms with Gasteiger partial charge in [0.1, 0.15) is 5.82 Å². The van der Waals surface area contributed by atoms with Gasteiger partial charge in [-0.15, -0.1) is 0 Å². The van der Waals surface area contributed by atoms with E-state index in [-0.39, 0.29) is 11.4 Å². The van der Waals surface area contributed by atoms with Crippen LogP contribution < -0.4 is 16.0 Å². The zero-order valence-electron chi connectivity index (χ0n) is 20.4. The highest BCUT2D eigenvalue weighted by molar-refractivity contribution is 5.78. The molecule has 2 aromatic heterocycles. The summed E-state index contributed by atoms with van der Waals surface area (Å²) in [5, 5.41) is 9.78. The second kappa shape index (κ2) is 9.83. The van der Waals surface area contributed by atoms with Gasteiger partial charge in [0, 0.05) is 74.6 Å². The van der Waals surface area contributed by atoms with Crippen molar-refractivity contribution in [3.63, 3.8) is 0 Å². The van der Waals surface area contributed by atoms with Gasteiger partial charge < -0.3 is 16.0 Å². The SMILES string of the molecule is O=C1CN2CCN(CC2)C2(CC2)c2cccc(c2)Nc2cc(ccn2)-c2cnc(nc2)NCCCN1. The molecule has 1 amide bonds. The largest absolute Gasteiger partial charge is 0.355 e. The minimum atomic E-state index is 0.0951. The first-order valence-electron chi connectivity index (χ1n) is 12.8. The lowest BCUT2D eigenvalue weighted by molar-refractivity contribution is -0.122. The van der Waals surface area contributed by atoms with Crippen LogP contribution in [0.5, 0.6) is 0 Å². The highest BCUT2D eigenvalue weighted by Gasteiger charge is 2.49. The number of nitrogens with one attached hydrogen (secondary N) is 3. The van der Waals surface area contributed by atoms with Gasteiger partial charge in [0.25, 0.3) is 0 Å². The smallest absolute Gasteiger partial charge is 0.234 e. The Morgan fingerprint density at radius 1 is 0.861 bits per heavy atom. The Bertz CT molecular complexity index is 1220. The van der Waals surface area contributed by atoms with Crippen LogP contribution in [-0.4, -0.2) is 76.5 Å². The lowest BCUT2D eigenvalue weighted by Gasteiger charge is -2.40. The van der Waals surface area contributed by atoms with E-state index in [1.165, 1.54) is 18.4 Å². The average Bonchev–Trinajstić information content (AvgIpc) is 3.71. The molecule has 186 valence electrons. The number of pyridine rings is 1. The van der Waals surface area contributed by atoms with Crippen molar-refractivity contribution in [3.8, 4) is 11.1 Å². The van der Waals surface area contributed by atoms with Crippen molar-refractivity contribution >= 4 is 23.4 Å². The number of amides is 1. The normalized spacial score (nSPS) is 23.4. The van der Waals surface area contributed by atoms with Crippen LogP contribution in [0.3, 0.4) is 0 Å². The maximum absolute atomic E-state index is 12.5. The summed E-state index contributed by atoms with van der Waals surface area (Å²) >= 11 is 0. The zero-order chi connectivity index (χ0) is 24.4. The molecular weight excluding hydrogens is 452 g/mol. The molecule has 0 radical (unpaired) electrons.